The second-order valence-electron chi connectivity index (χ2n) is 7.38. The molecule has 1 unspecified atom stereocenters. The number of thioether (sulfide) groups is 1. The van der Waals surface area contributed by atoms with E-state index < -0.39 is 6.04 Å². The van der Waals surface area contributed by atoms with Gasteiger partial charge in [0.15, 0.2) is 0 Å². The highest BCUT2D eigenvalue weighted by molar-refractivity contribution is 7.99. The Bertz CT molecular complexity index is 806. The van der Waals surface area contributed by atoms with Crippen LogP contribution in [0.25, 0.3) is 0 Å². The van der Waals surface area contributed by atoms with E-state index in [0.29, 0.717) is 30.6 Å². The van der Waals surface area contributed by atoms with Crippen molar-refractivity contribution in [1.82, 2.24) is 20.4 Å². The molecule has 3 rings (SSSR count). The number of nitrogens with zero attached hydrogens (tertiary/aromatic N) is 3. The van der Waals surface area contributed by atoms with Gasteiger partial charge in [-0.2, -0.15) is 11.8 Å². The lowest BCUT2D eigenvalue weighted by atomic mass is 10.1. The summed E-state index contributed by atoms with van der Waals surface area (Å²) in [6.45, 7) is 5.63. The van der Waals surface area contributed by atoms with E-state index in [-0.39, 0.29) is 11.9 Å². The molecule has 1 fully saturated rings. The Balaban J connectivity index is 1.68. The van der Waals surface area contributed by atoms with Crippen LogP contribution in [0.1, 0.15) is 24.4 Å². The summed E-state index contributed by atoms with van der Waals surface area (Å²) in [4.78, 5) is 27.4. The molecule has 1 atom stereocenters. The van der Waals surface area contributed by atoms with Crippen molar-refractivity contribution in [3.8, 4) is 0 Å². The number of nitrogens with one attached hydrogen (secondary N) is 2. The number of hydrogen-bond acceptors (Lipinski definition) is 6. The van der Waals surface area contributed by atoms with Gasteiger partial charge in [-0.1, -0.05) is 55.5 Å². The van der Waals surface area contributed by atoms with Crippen molar-refractivity contribution in [2.24, 2.45) is 5.92 Å². The van der Waals surface area contributed by atoms with Crippen LogP contribution in [0.3, 0.4) is 0 Å². The SMILES string of the molecule is CC(C)Cc1nnc(NC(=O)C(Cc2ccccc2)NC(=O)N2CCSCC2)s1. The quantitative estimate of drug-likeness (QED) is 0.701. The van der Waals surface area contributed by atoms with Gasteiger partial charge in [0.05, 0.1) is 0 Å². The molecule has 156 valence electrons. The molecule has 0 spiro atoms. The maximum atomic E-state index is 13.0. The van der Waals surface area contributed by atoms with Crippen LogP contribution in [-0.4, -0.2) is 57.7 Å². The van der Waals surface area contributed by atoms with E-state index in [1.54, 1.807) is 4.90 Å². The van der Waals surface area contributed by atoms with E-state index in [2.05, 4.69) is 34.7 Å². The minimum atomic E-state index is -0.683. The minimum Gasteiger partial charge on any atom is -0.326 e. The van der Waals surface area contributed by atoms with Gasteiger partial charge in [-0.3, -0.25) is 10.1 Å². The fourth-order valence-electron chi connectivity index (χ4n) is 2.99. The molecule has 2 N–H and O–H groups in total. The molecule has 0 radical (unpaired) electrons. The normalized spacial score (nSPS) is 15.2. The third-order valence-electron chi connectivity index (χ3n) is 4.47. The number of carbonyl (C=O) groups excluding carboxylic acids is 2. The molecule has 0 saturated carbocycles. The van der Waals surface area contributed by atoms with Gasteiger partial charge in [0, 0.05) is 37.4 Å². The summed E-state index contributed by atoms with van der Waals surface area (Å²) in [5.41, 5.74) is 0.986. The average molecular weight is 434 g/mol. The van der Waals surface area contributed by atoms with Gasteiger partial charge in [-0.15, -0.1) is 10.2 Å². The summed E-state index contributed by atoms with van der Waals surface area (Å²) in [7, 11) is 0. The summed E-state index contributed by atoms with van der Waals surface area (Å²) >= 11 is 3.22. The van der Waals surface area contributed by atoms with Crippen LogP contribution in [0, 0.1) is 5.92 Å². The van der Waals surface area contributed by atoms with Gasteiger partial charge in [0.1, 0.15) is 11.0 Å². The second kappa shape index (κ2) is 10.6. The van der Waals surface area contributed by atoms with Crippen LogP contribution in [-0.2, 0) is 17.6 Å². The van der Waals surface area contributed by atoms with Gasteiger partial charge >= 0.3 is 6.03 Å². The average Bonchev–Trinajstić information content (AvgIpc) is 3.14. The first-order chi connectivity index (χ1) is 14.0. The highest BCUT2D eigenvalue weighted by atomic mass is 32.2. The third kappa shape index (κ3) is 6.71. The number of urea groups is 1. The summed E-state index contributed by atoms with van der Waals surface area (Å²) < 4.78 is 0. The molecule has 2 aromatic rings. The first-order valence-electron chi connectivity index (χ1n) is 9.81. The lowest BCUT2D eigenvalue weighted by Gasteiger charge is -2.28. The molecular weight excluding hydrogens is 406 g/mol. The molecule has 1 aromatic carbocycles. The molecule has 1 saturated heterocycles. The second-order valence-corrected chi connectivity index (χ2v) is 9.67. The fraction of sp³-hybridized carbons (Fsp3) is 0.500. The van der Waals surface area contributed by atoms with Crippen molar-refractivity contribution in [2.45, 2.75) is 32.7 Å². The number of benzene rings is 1. The first kappa shape index (κ1) is 21.6. The molecule has 29 heavy (non-hydrogen) atoms. The third-order valence-corrected chi connectivity index (χ3v) is 6.28. The van der Waals surface area contributed by atoms with Crippen molar-refractivity contribution < 1.29 is 9.59 Å². The topological polar surface area (TPSA) is 87.2 Å². The fourth-order valence-corrected chi connectivity index (χ4v) is 4.85. The Morgan fingerprint density at radius 1 is 1.10 bits per heavy atom. The van der Waals surface area contributed by atoms with Crippen LogP contribution < -0.4 is 10.6 Å². The van der Waals surface area contributed by atoms with Crippen molar-refractivity contribution in [1.29, 1.82) is 0 Å². The molecular formula is C20H27N5O2S2. The molecule has 1 aliphatic heterocycles. The predicted molar refractivity (Wildman–Crippen MR) is 118 cm³/mol. The Kier molecular flexibility index (Phi) is 7.88. The van der Waals surface area contributed by atoms with Gasteiger partial charge in [0.2, 0.25) is 11.0 Å². The molecule has 1 aliphatic rings. The van der Waals surface area contributed by atoms with E-state index in [4.69, 9.17) is 0 Å². The first-order valence-corrected chi connectivity index (χ1v) is 11.8. The van der Waals surface area contributed by atoms with E-state index in [9.17, 15) is 9.59 Å². The number of amides is 3. The Morgan fingerprint density at radius 3 is 2.52 bits per heavy atom. The molecule has 0 aliphatic carbocycles. The van der Waals surface area contributed by atoms with Gasteiger partial charge in [0.25, 0.3) is 0 Å². The van der Waals surface area contributed by atoms with Gasteiger partial charge in [-0.25, -0.2) is 4.79 Å². The standard InChI is InChI=1S/C20H27N5O2S2/c1-14(2)12-17-23-24-19(29-17)22-18(26)16(13-15-6-4-3-5-7-15)21-20(27)25-8-10-28-11-9-25/h3-7,14,16H,8-13H2,1-2H3,(H,21,27)(H,22,24,26). The smallest absolute Gasteiger partial charge is 0.318 e. The zero-order valence-corrected chi connectivity index (χ0v) is 18.4. The number of hydrogen-bond donors (Lipinski definition) is 2. The van der Waals surface area contributed by atoms with E-state index in [1.807, 2.05) is 42.1 Å². The summed E-state index contributed by atoms with van der Waals surface area (Å²) in [5.74, 6) is 2.04. The van der Waals surface area contributed by atoms with E-state index >= 15 is 0 Å². The maximum absolute atomic E-state index is 13.0. The highest BCUT2D eigenvalue weighted by Crippen LogP contribution is 2.19. The van der Waals surface area contributed by atoms with Crippen molar-refractivity contribution >= 4 is 40.2 Å². The van der Waals surface area contributed by atoms with Gasteiger partial charge in [-0.05, 0) is 11.5 Å². The predicted octanol–water partition coefficient (Wildman–Crippen LogP) is 3.04. The van der Waals surface area contributed by atoms with E-state index in [0.717, 1.165) is 28.5 Å². The number of aromatic nitrogens is 2. The summed E-state index contributed by atoms with van der Waals surface area (Å²) in [6, 6.07) is 8.82. The van der Waals surface area contributed by atoms with Crippen LogP contribution >= 0.6 is 23.1 Å². The summed E-state index contributed by atoms with van der Waals surface area (Å²) in [5, 5.41) is 15.3. The minimum absolute atomic E-state index is 0.195. The number of carbonyl (C=O) groups is 2. The number of rotatable bonds is 7. The van der Waals surface area contributed by atoms with Crippen molar-refractivity contribution in [3.63, 3.8) is 0 Å². The van der Waals surface area contributed by atoms with Crippen LogP contribution in [0.5, 0.6) is 0 Å². The van der Waals surface area contributed by atoms with Crippen LogP contribution in [0.4, 0.5) is 9.93 Å². The van der Waals surface area contributed by atoms with Gasteiger partial charge < -0.3 is 10.2 Å². The lowest BCUT2D eigenvalue weighted by Crippen LogP contribution is -2.52. The van der Waals surface area contributed by atoms with Crippen molar-refractivity contribution in [3.05, 3.63) is 40.9 Å². The number of anilines is 1. The largest absolute Gasteiger partial charge is 0.326 e. The molecule has 2 heterocycles. The molecule has 0 bridgehead atoms. The molecule has 1 aromatic heterocycles. The Labute approximate surface area is 179 Å². The van der Waals surface area contributed by atoms with Crippen molar-refractivity contribution in [2.75, 3.05) is 29.9 Å². The molecule has 9 heteroatoms. The summed E-state index contributed by atoms with van der Waals surface area (Å²) in [6.07, 6.45) is 1.24. The monoisotopic (exact) mass is 433 g/mol. The van der Waals surface area contributed by atoms with Crippen LogP contribution in [0.15, 0.2) is 30.3 Å². The molecule has 7 nitrogen and oxygen atoms in total. The van der Waals surface area contributed by atoms with E-state index in [1.165, 1.54) is 11.3 Å². The Hall–Kier alpha value is -2.13. The van der Waals surface area contributed by atoms with Crippen LogP contribution in [0.2, 0.25) is 0 Å². The molecule has 3 amide bonds. The zero-order chi connectivity index (χ0) is 20.6. The highest BCUT2D eigenvalue weighted by Gasteiger charge is 2.26. The zero-order valence-electron chi connectivity index (χ0n) is 16.8. The lowest BCUT2D eigenvalue weighted by molar-refractivity contribution is -0.118. The maximum Gasteiger partial charge on any atom is 0.318 e. The Morgan fingerprint density at radius 2 is 1.83 bits per heavy atom.